The molecule has 0 unspecified atom stereocenters. The van der Waals surface area contributed by atoms with Crippen molar-refractivity contribution in [3.63, 3.8) is 0 Å². The van der Waals surface area contributed by atoms with Gasteiger partial charge in [-0.25, -0.2) is 0 Å². The number of hydrogen-bond donors (Lipinski definition) is 1. The summed E-state index contributed by atoms with van der Waals surface area (Å²) in [6.45, 7) is 8.24. The molecule has 1 aromatic carbocycles. The molecule has 2 fully saturated rings. The summed E-state index contributed by atoms with van der Waals surface area (Å²) in [5, 5.41) is 4.05. The second kappa shape index (κ2) is 7.42. The monoisotopic (exact) mass is 349 g/mol. The minimum atomic E-state index is -0.0810. The lowest BCUT2D eigenvalue weighted by Gasteiger charge is -2.36. The fourth-order valence-electron chi connectivity index (χ4n) is 3.57. The zero-order chi connectivity index (χ0) is 17.3. The number of amides is 1. The lowest BCUT2D eigenvalue weighted by Crippen LogP contribution is -2.53. The summed E-state index contributed by atoms with van der Waals surface area (Å²) in [5.74, 6) is 1.35. The van der Waals surface area contributed by atoms with Crippen LogP contribution in [0.2, 0.25) is 5.02 Å². The summed E-state index contributed by atoms with van der Waals surface area (Å²) in [6, 6.07) is 7.92. The van der Waals surface area contributed by atoms with Crippen molar-refractivity contribution < 1.29 is 4.79 Å². The number of carbonyl (C=O) groups is 1. The third-order valence-electron chi connectivity index (χ3n) is 5.59. The largest absolute Gasteiger partial charge is 0.348 e. The molecule has 1 amide bonds. The Morgan fingerprint density at radius 3 is 2.33 bits per heavy atom. The quantitative estimate of drug-likeness (QED) is 0.887. The van der Waals surface area contributed by atoms with Crippen LogP contribution in [0.3, 0.4) is 0 Å². The molecule has 5 heteroatoms. The molecule has 1 saturated heterocycles. The van der Waals surface area contributed by atoms with Crippen LogP contribution in [0.5, 0.6) is 0 Å². The molecule has 4 nitrogen and oxygen atoms in total. The fourth-order valence-corrected chi connectivity index (χ4v) is 3.70. The van der Waals surface area contributed by atoms with Crippen LogP contribution in [0.4, 0.5) is 0 Å². The van der Waals surface area contributed by atoms with E-state index in [4.69, 9.17) is 11.6 Å². The van der Waals surface area contributed by atoms with Crippen LogP contribution >= 0.6 is 11.6 Å². The highest BCUT2D eigenvalue weighted by molar-refractivity contribution is 6.30. The van der Waals surface area contributed by atoms with E-state index >= 15 is 0 Å². The number of halogens is 1. The van der Waals surface area contributed by atoms with Crippen molar-refractivity contribution in [2.45, 2.75) is 32.4 Å². The highest BCUT2D eigenvalue weighted by Crippen LogP contribution is 2.47. The number of rotatable bonds is 5. The fraction of sp³-hybridized carbons (Fsp3) is 0.632. The molecule has 4 atom stereocenters. The highest BCUT2D eigenvalue weighted by Gasteiger charge is 2.41. The van der Waals surface area contributed by atoms with Crippen molar-refractivity contribution in [3.8, 4) is 0 Å². The minimum Gasteiger partial charge on any atom is -0.348 e. The van der Waals surface area contributed by atoms with Gasteiger partial charge in [-0.15, -0.1) is 0 Å². The summed E-state index contributed by atoms with van der Waals surface area (Å²) in [4.78, 5) is 17.4. The maximum Gasteiger partial charge on any atom is 0.237 e. The molecule has 1 N–H and O–H groups in total. The Labute approximate surface area is 150 Å². The van der Waals surface area contributed by atoms with Gasteiger partial charge >= 0.3 is 0 Å². The molecule has 0 bridgehead atoms. The first-order valence-corrected chi connectivity index (χ1v) is 9.32. The lowest BCUT2D eigenvalue weighted by molar-refractivity contribution is -0.127. The number of carbonyl (C=O) groups excluding carboxylic acids is 1. The Kier molecular flexibility index (Phi) is 5.48. The molecule has 132 valence electrons. The van der Waals surface area contributed by atoms with Crippen molar-refractivity contribution in [1.29, 1.82) is 0 Å². The Hall–Kier alpha value is -1.10. The third kappa shape index (κ3) is 4.11. The van der Waals surface area contributed by atoms with Crippen LogP contribution in [0.1, 0.15) is 31.9 Å². The van der Waals surface area contributed by atoms with Crippen molar-refractivity contribution >= 4 is 17.5 Å². The zero-order valence-corrected chi connectivity index (χ0v) is 15.6. The Morgan fingerprint density at radius 2 is 1.79 bits per heavy atom. The second-order valence-corrected chi connectivity index (χ2v) is 7.87. The molecule has 0 spiro atoms. The van der Waals surface area contributed by atoms with E-state index in [2.05, 4.69) is 29.1 Å². The number of nitrogens with one attached hydrogen (secondary N) is 1. The van der Waals surface area contributed by atoms with Crippen molar-refractivity contribution in [2.75, 3.05) is 33.2 Å². The summed E-state index contributed by atoms with van der Waals surface area (Å²) < 4.78 is 0. The number of hydrogen-bond acceptors (Lipinski definition) is 3. The molecule has 1 saturated carbocycles. The number of piperazine rings is 1. The van der Waals surface area contributed by atoms with Gasteiger partial charge in [0.25, 0.3) is 0 Å². The van der Waals surface area contributed by atoms with E-state index in [-0.39, 0.29) is 18.0 Å². The van der Waals surface area contributed by atoms with E-state index < -0.39 is 0 Å². The third-order valence-corrected chi connectivity index (χ3v) is 5.84. The Morgan fingerprint density at radius 1 is 1.21 bits per heavy atom. The Balaban J connectivity index is 1.66. The molecular formula is C19H28ClN3O. The van der Waals surface area contributed by atoms with Gasteiger partial charge in [0.05, 0.1) is 12.1 Å². The normalized spacial score (nSPS) is 27.5. The average molecular weight is 350 g/mol. The molecule has 1 heterocycles. The molecule has 24 heavy (non-hydrogen) atoms. The van der Waals surface area contributed by atoms with Crippen LogP contribution in [0.15, 0.2) is 24.3 Å². The molecule has 1 aliphatic heterocycles. The zero-order valence-electron chi connectivity index (χ0n) is 14.8. The smallest absolute Gasteiger partial charge is 0.237 e. The minimum absolute atomic E-state index is 0.0810. The van der Waals surface area contributed by atoms with Gasteiger partial charge in [-0.3, -0.25) is 9.69 Å². The second-order valence-electron chi connectivity index (χ2n) is 7.43. The predicted molar refractivity (Wildman–Crippen MR) is 98.1 cm³/mol. The van der Waals surface area contributed by atoms with Crippen molar-refractivity contribution in [1.82, 2.24) is 15.1 Å². The van der Waals surface area contributed by atoms with Gasteiger partial charge in [0.15, 0.2) is 0 Å². The maximum atomic E-state index is 12.8. The van der Waals surface area contributed by atoms with E-state index in [1.807, 2.05) is 31.2 Å². The van der Waals surface area contributed by atoms with Gasteiger partial charge in [0.1, 0.15) is 0 Å². The molecule has 1 aliphatic carbocycles. The number of likely N-dealkylation sites (N-methyl/N-ethyl adjacent to an activating group) is 1. The van der Waals surface area contributed by atoms with Gasteiger partial charge in [-0.2, -0.15) is 0 Å². The first-order chi connectivity index (χ1) is 11.5. The first kappa shape index (κ1) is 17.7. The molecular weight excluding hydrogens is 322 g/mol. The van der Waals surface area contributed by atoms with Gasteiger partial charge < -0.3 is 10.2 Å². The maximum absolute atomic E-state index is 12.8. The van der Waals surface area contributed by atoms with Gasteiger partial charge in [-0.1, -0.05) is 30.7 Å². The summed E-state index contributed by atoms with van der Waals surface area (Å²) >= 11 is 6.01. The molecule has 3 rings (SSSR count). The lowest BCUT2D eigenvalue weighted by atomic mass is 10.0. The molecule has 2 aliphatic rings. The predicted octanol–water partition coefficient (Wildman–Crippen LogP) is 2.79. The van der Waals surface area contributed by atoms with Crippen LogP contribution in [0.25, 0.3) is 0 Å². The van der Waals surface area contributed by atoms with Crippen LogP contribution < -0.4 is 5.32 Å². The van der Waals surface area contributed by atoms with Crippen LogP contribution in [0, 0.1) is 11.8 Å². The summed E-state index contributed by atoms with van der Waals surface area (Å²) in [7, 11) is 2.13. The highest BCUT2D eigenvalue weighted by atomic mass is 35.5. The Bertz CT molecular complexity index is 568. The van der Waals surface area contributed by atoms with Crippen LogP contribution in [-0.4, -0.2) is 55.0 Å². The number of benzene rings is 1. The SMILES string of the molecule is C[C@@H]1C[C@@H]1[C@H](NC(=O)[C@@H](C)N1CCN(C)CC1)c1ccc(Cl)cc1. The first-order valence-electron chi connectivity index (χ1n) is 8.94. The van der Waals surface area contributed by atoms with Gasteiger partial charge in [-0.05, 0) is 49.9 Å². The summed E-state index contributed by atoms with van der Waals surface area (Å²) in [5.41, 5.74) is 1.16. The van der Waals surface area contributed by atoms with Crippen molar-refractivity contribution in [3.05, 3.63) is 34.9 Å². The van der Waals surface area contributed by atoms with E-state index in [0.29, 0.717) is 11.8 Å². The van der Waals surface area contributed by atoms with Gasteiger partial charge in [0, 0.05) is 31.2 Å². The van der Waals surface area contributed by atoms with E-state index in [1.54, 1.807) is 0 Å². The molecule has 1 aromatic rings. The van der Waals surface area contributed by atoms with E-state index in [0.717, 1.165) is 36.8 Å². The standard InChI is InChI=1S/C19H28ClN3O/c1-13-12-17(13)18(15-4-6-16(20)7-5-15)21-19(24)14(2)23-10-8-22(3)9-11-23/h4-7,13-14,17-18H,8-12H2,1-3H3,(H,21,24)/t13-,14-,17+,18-/m1/s1. The average Bonchev–Trinajstić information content (AvgIpc) is 3.30. The van der Waals surface area contributed by atoms with Crippen molar-refractivity contribution in [2.24, 2.45) is 11.8 Å². The topological polar surface area (TPSA) is 35.6 Å². The number of nitrogens with zero attached hydrogens (tertiary/aromatic N) is 2. The van der Waals surface area contributed by atoms with E-state index in [1.165, 1.54) is 6.42 Å². The van der Waals surface area contributed by atoms with Gasteiger partial charge in [0.2, 0.25) is 5.91 Å². The summed E-state index contributed by atoms with van der Waals surface area (Å²) in [6.07, 6.45) is 1.18. The molecule has 0 radical (unpaired) electrons. The van der Waals surface area contributed by atoms with Crippen LogP contribution in [-0.2, 0) is 4.79 Å². The van der Waals surface area contributed by atoms with E-state index in [9.17, 15) is 4.79 Å². The molecule has 0 aromatic heterocycles.